The molecule has 2 aliphatic rings. The van der Waals surface area contributed by atoms with Gasteiger partial charge < -0.3 is 9.64 Å². The Morgan fingerprint density at radius 2 is 1.56 bits per heavy atom. The van der Waals surface area contributed by atoms with Crippen molar-refractivity contribution >= 4 is 16.1 Å². The summed E-state index contributed by atoms with van der Waals surface area (Å²) in [7, 11) is -3.58. The van der Waals surface area contributed by atoms with E-state index < -0.39 is 21.7 Å². The smallest absolute Gasteiger partial charge is 0.392 e. The fraction of sp³-hybridized carbons (Fsp3) is 0.300. The van der Waals surface area contributed by atoms with Crippen LogP contribution in [0.3, 0.4) is 0 Å². The van der Waals surface area contributed by atoms with E-state index in [2.05, 4.69) is 5.48 Å². The molecule has 204 valence electrons. The van der Waals surface area contributed by atoms with Crippen molar-refractivity contribution in [3.63, 3.8) is 0 Å². The third-order valence-corrected chi connectivity index (χ3v) is 9.07. The molecule has 0 radical (unpaired) electrons. The lowest BCUT2D eigenvalue weighted by Crippen LogP contribution is -2.46. The third kappa shape index (κ3) is 6.50. The molecule has 2 aliphatic heterocycles. The van der Waals surface area contributed by atoms with Gasteiger partial charge in [0.15, 0.2) is 0 Å². The van der Waals surface area contributed by atoms with E-state index in [1.165, 1.54) is 4.31 Å². The van der Waals surface area contributed by atoms with Gasteiger partial charge in [-0.1, -0.05) is 78.4 Å². The van der Waals surface area contributed by atoms with Gasteiger partial charge in [-0.25, -0.2) is 18.7 Å². The largest absolute Gasteiger partial charge is 0.416 e. The van der Waals surface area contributed by atoms with Crippen LogP contribution in [-0.2, 0) is 32.6 Å². The van der Waals surface area contributed by atoms with Crippen molar-refractivity contribution in [3.05, 3.63) is 114 Å². The Balaban J connectivity index is 1.22. The summed E-state index contributed by atoms with van der Waals surface area (Å²) in [6.07, 6.45) is 2.86. The van der Waals surface area contributed by atoms with Crippen molar-refractivity contribution in [1.29, 1.82) is 0 Å². The lowest BCUT2D eigenvalue weighted by molar-refractivity contribution is -0.0737. The number of aryl methyl sites for hydroxylation is 1. The number of sulfonamides is 1. The standard InChI is InChI=1S/C30H33N3O5S/c1-24-12-14-27(15-13-24)39(35,36)33-20-17-30(18-21-33)22-28(31-38-30)37-29(34)32(23-26-10-6-3-7-11-26)19-16-25-8-4-2-5-9-25/h2-15,22,31H,16-21,23H2,1H3. The van der Waals surface area contributed by atoms with Crippen molar-refractivity contribution in [1.82, 2.24) is 14.7 Å². The van der Waals surface area contributed by atoms with E-state index >= 15 is 0 Å². The van der Waals surface area contributed by atoms with Gasteiger partial charge in [-0.05, 0) is 49.4 Å². The molecule has 1 fully saturated rings. The Labute approximate surface area is 229 Å². The molecule has 9 heteroatoms. The Morgan fingerprint density at radius 3 is 2.21 bits per heavy atom. The highest BCUT2D eigenvalue weighted by Gasteiger charge is 2.42. The van der Waals surface area contributed by atoms with Crippen molar-refractivity contribution < 1.29 is 22.8 Å². The van der Waals surface area contributed by atoms with Crippen LogP contribution < -0.4 is 5.48 Å². The van der Waals surface area contributed by atoms with Crippen LogP contribution in [0, 0.1) is 6.92 Å². The van der Waals surface area contributed by atoms with Crippen LogP contribution in [0.1, 0.15) is 29.5 Å². The van der Waals surface area contributed by atoms with Crippen molar-refractivity contribution in [2.75, 3.05) is 19.6 Å². The summed E-state index contributed by atoms with van der Waals surface area (Å²) in [5, 5.41) is 0. The van der Waals surface area contributed by atoms with E-state index in [1.54, 1.807) is 35.2 Å². The number of rotatable bonds is 8. The van der Waals surface area contributed by atoms with E-state index in [4.69, 9.17) is 9.57 Å². The normalized spacial score (nSPS) is 16.9. The Bertz CT molecular complexity index is 1400. The fourth-order valence-corrected chi connectivity index (χ4v) is 6.26. The summed E-state index contributed by atoms with van der Waals surface area (Å²) in [5.74, 6) is 0.229. The monoisotopic (exact) mass is 547 g/mol. The zero-order valence-corrected chi connectivity index (χ0v) is 22.8. The maximum absolute atomic E-state index is 13.2. The van der Waals surface area contributed by atoms with Gasteiger partial charge >= 0.3 is 6.09 Å². The number of hydrogen-bond acceptors (Lipinski definition) is 6. The van der Waals surface area contributed by atoms with Crippen LogP contribution in [0.2, 0.25) is 0 Å². The minimum absolute atomic E-state index is 0.229. The highest BCUT2D eigenvalue weighted by molar-refractivity contribution is 7.89. The first-order valence-corrected chi connectivity index (χ1v) is 14.6. The average Bonchev–Trinajstić information content (AvgIpc) is 3.33. The number of hydroxylamine groups is 1. The quantitative estimate of drug-likeness (QED) is 0.437. The Morgan fingerprint density at radius 1 is 0.949 bits per heavy atom. The first kappa shape index (κ1) is 26.9. The average molecular weight is 548 g/mol. The lowest BCUT2D eigenvalue weighted by Gasteiger charge is -2.35. The second kappa shape index (κ2) is 11.6. The summed E-state index contributed by atoms with van der Waals surface area (Å²) in [6.45, 7) is 3.42. The molecular weight excluding hydrogens is 514 g/mol. The summed E-state index contributed by atoms with van der Waals surface area (Å²) < 4.78 is 33.4. The molecule has 8 nitrogen and oxygen atoms in total. The SMILES string of the molecule is Cc1ccc(S(=O)(=O)N2CCC3(C=C(OC(=O)N(CCc4ccccc4)Cc4ccccc4)NO3)CC2)cc1. The molecule has 1 amide bonds. The molecule has 3 aromatic rings. The zero-order valence-electron chi connectivity index (χ0n) is 22.0. The van der Waals surface area contributed by atoms with Gasteiger partial charge in [0.2, 0.25) is 15.9 Å². The van der Waals surface area contributed by atoms with E-state index in [1.807, 2.05) is 67.6 Å². The van der Waals surface area contributed by atoms with Crippen LogP contribution in [0.15, 0.2) is 102 Å². The van der Waals surface area contributed by atoms with Gasteiger partial charge in [-0.2, -0.15) is 4.31 Å². The molecule has 1 spiro atoms. The van der Waals surface area contributed by atoms with Crippen molar-refractivity contribution in [2.45, 2.75) is 43.2 Å². The minimum Gasteiger partial charge on any atom is -0.392 e. The van der Waals surface area contributed by atoms with Crippen LogP contribution in [0.25, 0.3) is 0 Å². The van der Waals surface area contributed by atoms with Gasteiger partial charge in [-0.3, -0.25) is 4.84 Å². The minimum atomic E-state index is -3.58. The van der Waals surface area contributed by atoms with Crippen LogP contribution in [0.4, 0.5) is 4.79 Å². The van der Waals surface area contributed by atoms with Crippen molar-refractivity contribution in [2.24, 2.45) is 0 Å². The van der Waals surface area contributed by atoms with Crippen LogP contribution >= 0.6 is 0 Å². The predicted molar refractivity (Wildman–Crippen MR) is 148 cm³/mol. The number of piperidine rings is 1. The van der Waals surface area contributed by atoms with Gasteiger partial charge in [0.1, 0.15) is 5.60 Å². The highest BCUT2D eigenvalue weighted by Crippen LogP contribution is 2.34. The molecule has 0 saturated carbocycles. The molecule has 0 aromatic heterocycles. The highest BCUT2D eigenvalue weighted by atomic mass is 32.2. The molecule has 0 unspecified atom stereocenters. The first-order chi connectivity index (χ1) is 18.8. The predicted octanol–water partition coefficient (Wildman–Crippen LogP) is 4.78. The van der Waals surface area contributed by atoms with Crippen molar-refractivity contribution in [3.8, 4) is 0 Å². The number of benzene rings is 3. The van der Waals surface area contributed by atoms with E-state index in [0.717, 1.165) is 16.7 Å². The maximum atomic E-state index is 13.2. The molecule has 0 bridgehead atoms. The maximum Gasteiger partial charge on any atom is 0.416 e. The Kier molecular flexibility index (Phi) is 8.02. The summed E-state index contributed by atoms with van der Waals surface area (Å²) >= 11 is 0. The molecule has 1 saturated heterocycles. The van der Waals surface area contributed by atoms with Crippen LogP contribution in [-0.4, -0.2) is 49.0 Å². The molecule has 0 atom stereocenters. The van der Waals surface area contributed by atoms with E-state index in [-0.39, 0.29) is 10.8 Å². The summed E-state index contributed by atoms with van der Waals surface area (Å²) in [6, 6.07) is 26.7. The summed E-state index contributed by atoms with van der Waals surface area (Å²) in [5.41, 5.74) is 5.17. The molecule has 2 heterocycles. The second-order valence-electron chi connectivity index (χ2n) is 10.0. The Hall–Kier alpha value is -3.66. The van der Waals surface area contributed by atoms with Crippen LogP contribution in [0.5, 0.6) is 0 Å². The second-order valence-corrected chi connectivity index (χ2v) is 11.9. The topological polar surface area (TPSA) is 88.2 Å². The van der Waals surface area contributed by atoms with E-state index in [9.17, 15) is 13.2 Å². The van der Waals surface area contributed by atoms with Gasteiger partial charge in [0, 0.05) is 32.3 Å². The number of hydrogen-bond donors (Lipinski definition) is 1. The molecule has 5 rings (SSSR count). The molecular formula is C30H33N3O5S. The zero-order chi connectivity index (χ0) is 27.3. The number of carbonyl (C=O) groups excluding carboxylic acids is 1. The number of amides is 1. The molecule has 39 heavy (non-hydrogen) atoms. The number of nitrogens with zero attached hydrogens (tertiary/aromatic N) is 2. The third-order valence-electron chi connectivity index (χ3n) is 7.16. The number of ether oxygens (including phenoxy) is 1. The number of nitrogens with one attached hydrogen (secondary N) is 1. The van der Waals surface area contributed by atoms with Gasteiger partial charge in [0.25, 0.3) is 0 Å². The van der Waals surface area contributed by atoms with E-state index in [0.29, 0.717) is 45.4 Å². The molecule has 1 N–H and O–H groups in total. The van der Waals surface area contributed by atoms with Gasteiger partial charge in [0.05, 0.1) is 4.90 Å². The first-order valence-electron chi connectivity index (χ1n) is 13.1. The lowest BCUT2D eigenvalue weighted by atomic mass is 9.93. The van der Waals surface area contributed by atoms with Gasteiger partial charge in [-0.15, -0.1) is 0 Å². The number of carbonyl (C=O) groups is 1. The molecule has 3 aromatic carbocycles. The fourth-order valence-electron chi connectivity index (χ4n) is 4.82. The molecule has 0 aliphatic carbocycles. The summed E-state index contributed by atoms with van der Waals surface area (Å²) in [4.78, 5) is 21.0.